The Bertz CT molecular complexity index is 967. The van der Waals surface area contributed by atoms with E-state index in [0.717, 1.165) is 0 Å². The molecule has 0 N–H and O–H groups in total. The van der Waals surface area contributed by atoms with E-state index in [2.05, 4.69) is 0 Å². The van der Waals surface area contributed by atoms with E-state index < -0.39 is 4.92 Å². The molecule has 140 valence electrons. The zero-order chi connectivity index (χ0) is 20.1. The van der Waals surface area contributed by atoms with Crippen LogP contribution in [-0.4, -0.2) is 26.3 Å². The van der Waals surface area contributed by atoms with Crippen LogP contribution in [0.3, 0.4) is 0 Å². The maximum absolute atomic E-state index is 11.5. The summed E-state index contributed by atoms with van der Waals surface area (Å²) in [4.78, 5) is 10.9. The number of halogens is 2. The highest BCUT2D eigenvalue weighted by molar-refractivity contribution is 6.35. The van der Waals surface area contributed by atoms with Gasteiger partial charge in [0.05, 0.1) is 53.5 Å². The Labute approximate surface area is 165 Å². The molecule has 0 aliphatic heterocycles. The molecule has 0 unspecified atom stereocenters. The van der Waals surface area contributed by atoms with Crippen molar-refractivity contribution >= 4 is 40.5 Å². The Kier molecular flexibility index (Phi) is 6.50. The molecule has 0 atom stereocenters. The highest BCUT2D eigenvalue weighted by Gasteiger charge is 2.23. The SMILES string of the molecule is COc1cc(C(C#N)=Cc2c(Cl)ccc(Cl)c2OC)c([N+](=O)[O-])cc1OC. The Morgan fingerprint density at radius 3 is 2.22 bits per heavy atom. The number of nitro benzene ring substituents is 1. The number of nitriles is 1. The lowest BCUT2D eigenvalue weighted by Crippen LogP contribution is -1.99. The van der Waals surface area contributed by atoms with Crippen molar-refractivity contribution in [3.05, 3.63) is 55.6 Å². The molecule has 2 aromatic rings. The molecule has 0 saturated heterocycles. The summed E-state index contributed by atoms with van der Waals surface area (Å²) in [6, 6.07) is 7.59. The molecule has 0 saturated carbocycles. The number of methoxy groups -OCH3 is 3. The van der Waals surface area contributed by atoms with Crippen LogP contribution in [-0.2, 0) is 0 Å². The molecule has 0 aromatic heterocycles. The van der Waals surface area contributed by atoms with Crippen molar-refractivity contribution < 1.29 is 19.1 Å². The van der Waals surface area contributed by atoms with E-state index in [4.69, 9.17) is 37.4 Å². The highest BCUT2D eigenvalue weighted by atomic mass is 35.5. The largest absolute Gasteiger partial charge is 0.495 e. The van der Waals surface area contributed by atoms with Crippen LogP contribution in [0.15, 0.2) is 24.3 Å². The molecule has 0 aliphatic carbocycles. The first kappa shape index (κ1) is 20.4. The summed E-state index contributed by atoms with van der Waals surface area (Å²) in [6.45, 7) is 0. The van der Waals surface area contributed by atoms with E-state index >= 15 is 0 Å². The molecule has 0 fully saturated rings. The van der Waals surface area contributed by atoms with Gasteiger partial charge in [-0.15, -0.1) is 0 Å². The van der Waals surface area contributed by atoms with E-state index in [1.807, 2.05) is 6.07 Å². The number of ether oxygens (including phenoxy) is 3. The first-order valence-electron chi connectivity index (χ1n) is 7.42. The summed E-state index contributed by atoms with van der Waals surface area (Å²) in [7, 11) is 4.15. The van der Waals surface area contributed by atoms with Crippen LogP contribution in [0.4, 0.5) is 5.69 Å². The van der Waals surface area contributed by atoms with E-state index in [1.54, 1.807) is 6.07 Å². The monoisotopic (exact) mass is 408 g/mol. The number of benzene rings is 2. The second-order valence-electron chi connectivity index (χ2n) is 5.13. The van der Waals surface area contributed by atoms with Crippen molar-refractivity contribution in [2.24, 2.45) is 0 Å². The summed E-state index contributed by atoms with van der Waals surface area (Å²) in [5, 5.41) is 21.7. The molecule has 0 bridgehead atoms. The van der Waals surface area contributed by atoms with Crippen molar-refractivity contribution in [2.45, 2.75) is 0 Å². The topological polar surface area (TPSA) is 94.6 Å². The van der Waals surface area contributed by atoms with Gasteiger partial charge in [0.2, 0.25) is 0 Å². The van der Waals surface area contributed by atoms with Crippen LogP contribution in [0.1, 0.15) is 11.1 Å². The van der Waals surface area contributed by atoms with Crippen molar-refractivity contribution in [1.82, 2.24) is 0 Å². The zero-order valence-electron chi connectivity index (χ0n) is 14.6. The lowest BCUT2D eigenvalue weighted by atomic mass is 10.0. The van der Waals surface area contributed by atoms with Crippen molar-refractivity contribution in [1.29, 1.82) is 5.26 Å². The number of nitro groups is 1. The minimum absolute atomic E-state index is 0.0230. The molecule has 7 nitrogen and oxygen atoms in total. The molecular weight excluding hydrogens is 395 g/mol. The van der Waals surface area contributed by atoms with Gasteiger partial charge >= 0.3 is 0 Å². The van der Waals surface area contributed by atoms with Crippen molar-refractivity contribution in [3.63, 3.8) is 0 Å². The number of hydrogen-bond donors (Lipinski definition) is 0. The molecule has 9 heteroatoms. The minimum atomic E-state index is -0.612. The van der Waals surface area contributed by atoms with Crippen molar-refractivity contribution in [3.8, 4) is 23.3 Å². The molecule has 0 radical (unpaired) electrons. The van der Waals surface area contributed by atoms with Gasteiger partial charge in [0, 0.05) is 5.56 Å². The van der Waals surface area contributed by atoms with Crippen LogP contribution < -0.4 is 14.2 Å². The third kappa shape index (κ3) is 4.08. The quantitative estimate of drug-likeness (QED) is 0.289. The Balaban J connectivity index is 2.80. The van der Waals surface area contributed by atoms with Gasteiger partial charge in [-0.1, -0.05) is 23.2 Å². The summed E-state index contributed by atoms with van der Waals surface area (Å²) in [6.07, 6.45) is 1.38. The van der Waals surface area contributed by atoms with Gasteiger partial charge in [-0.2, -0.15) is 5.26 Å². The summed E-state index contributed by atoms with van der Waals surface area (Å²) >= 11 is 12.3. The predicted octanol–water partition coefficient (Wildman–Crippen LogP) is 4.99. The maximum Gasteiger partial charge on any atom is 0.281 e. The number of rotatable bonds is 6. The maximum atomic E-state index is 11.5. The van der Waals surface area contributed by atoms with Gasteiger partial charge in [0.1, 0.15) is 11.8 Å². The smallest absolute Gasteiger partial charge is 0.281 e. The lowest BCUT2D eigenvalue weighted by Gasteiger charge is -2.12. The molecular formula is C18H14Cl2N2O5. The van der Waals surface area contributed by atoms with Gasteiger partial charge < -0.3 is 14.2 Å². The van der Waals surface area contributed by atoms with Gasteiger partial charge in [0.25, 0.3) is 5.69 Å². The third-order valence-corrected chi connectivity index (χ3v) is 4.32. The Hall–Kier alpha value is -2.95. The first-order valence-corrected chi connectivity index (χ1v) is 8.18. The van der Waals surface area contributed by atoms with Crippen LogP contribution in [0.2, 0.25) is 10.0 Å². The molecule has 2 aromatic carbocycles. The molecule has 0 amide bonds. The van der Waals surface area contributed by atoms with E-state index in [1.165, 1.54) is 45.6 Å². The average Bonchev–Trinajstić information content (AvgIpc) is 2.67. The summed E-state index contributed by atoms with van der Waals surface area (Å²) < 4.78 is 15.5. The van der Waals surface area contributed by atoms with E-state index in [9.17, 15) is 15.4 Å². The highest BCUT2D eigenvalue weighted by Crippen LogP contribution is 2.40. The second kappa shape index (κ2) is 8.62. The fourth-order valence-electron chi connectivity index (χ4n) is 2.44. The van der Waals surface area contributed by atoms with Gasteiger partial charge in [0.15, 0.2) is 11.5 Å². The lowest BCUT2D eigenvalue weighted by molar-refractivity contribution is -0.385. The van der Waals surface area contributed by atoms with Gasteiger partial charge in [-0.25, -0.2) is 0 Å². The number of hydrogen-bond acceptors (Lipinski definition) is 6. The van der Waals surface area contributed by atoms with E-state index in [0.29, 0.717) is 5.56 Å². The normalized spacial score (nSPS) is 10.9. The number of nitrogens with zero attached hydrogens (tertiary/aromatic N) is 2. The molecule has 27 heavy (non-hydrogen) atoms. The fourth-order valence-corrected chi connectivity index (χ4v) is 2.89. The zero-order valence-corrected chi connectivity index (χ0v) is 16.1. The predicted molar refractivity (Wildman–Crippen MR) is 103 cm³/mol. The van der Waals surface area contributed by atoms with Crippen LogP contribution in [0.5, 0.6) is 17.2 Å². The molecule has 2 rings (SSSR count). The van der Waals surface area contributed by atoms with Crippen LogP contribution in [0.25, 0.3) is 11.6 Å². The van der Waals surface area contributed by atoms with E-state index in [-0.39, 0.29) is 44.1 Å². The van der Waals surface area contributed by atoms with Gasteiger partial charge in [-0.05, 0) is 24.3 Å². The third-order valence-electron chi connectivity index (χ3n) is 3.70. The Morgan fingerprint density at radius 2 is 1.70 bits per heavy atom. The van der Waals surface area contributed by atoms with Gasteiger partial charge in [-0.3, -0.25) is 10.1 Å². The molecule has 0 aliphatic rings. The second-order valence-corrected chi connectivity index (χ2v) is 5.94. The summed E-state index contributed by atoms with van der Waals surface area (Å²) in [5.41, 5.74) is 0.0215. The minimum Gasteiger partial charge on any atom is -0.495 e. The average molecular weight is 409 g/mol. The first-order chi connectivity index (χ1) is 12.9. The number of allylic oxidation sites excluding steroid dienone is 1. The van der Waals surface area contributed by atoms with Crippen LogP contribution >= 0.6 is 23.2 Å². The summed E-state index contributed by atoms with van der Waals surface area (Å²) in [5.74, 6) is 0.659. The molecule has 0 spiro atoms. The molecule has 0 heterocycles. The Morgan fingerprint density at radius 1 is 1.11 bits per heavy atom. The fraction of sp³-hybridized carbons (Fsp3) is 0.167. The standard InChI is InChI=1S/C18H14Cl2N2O5/c1-25-16-7-11(15(22(23)24)8-17(16)26-2)10(9-21)6-12-13(19)4-5-14(20)18(12)27-3/h4-8H,1-3H3. The van der Waals surface area contributed by atoms with Crippen LogP contribution in [0, 0.1) is 21.4 Å². The van der Waals surface area contributed by atoms with Crippen molar-refractivity contribution in [2.75, 3.05) is 21.3 Å².